The Balaban J connectivity index is 1.40. The number of nitrogens with zero attached hydrogens (tertiary/aromatic N) is 3. The number of ether oxygens (including phenoxy) is 1. The molecule has 41 heavy (non-hydrogen) atoms. The van der Waals surface area contributed by atoms with E-state index in [4.69, 9.17) is 0 Å². The summed E-state index contributed by atoms with van der Waals surface area (Å²) in [5.74, 6) is -2.12. The molecule has 2 amide bonds. The number of benzene rings is 3. The lowest BCUT2D eigenvalue weighted by Crippen LogP contribution is -2.21. The number of amides is 2. The second-order valence-corrected chi connectivity index (χ2v) is 9.10. The van der Waals surface area contributed by atoms with E-state index in [0.29, 0.717) is 32.4 Å². The van der Waals surface area contributed by atoms with Gasteiger partial charge in [-0.3, -0.25) is 14.6 Å². The van der Waals surface area contributed by atoms with Crippen LogP contribution in [0.3, 0.4) is 0 Å². The third-order valence-electron chi connectivity index (χ3n) is 6.55. The number of nitrogens with one attached hydrogen (secondary N) is 2. The molecule has 0 spiro atoms. The number of aryl methyl sites for hydroxylation is 1. The second kappa shape index (κ2) is 8.94. The van der Waals surface area contributed by atoms with Crippen molar-refractivity contribution in [1.29, 1.82) is 0 Å². The number of carbonyl (C=O) groups excluding carboxylic acids is 2. The van der Waals surface area contributed by atoms with Gasteiger partial charge in [0, 0.05) is 44.2 Å². The quantitative estimate of drug-likeness (QED) is 0.237. The van der Waals surface area contributed by atoms with E-state index in [1.54, 1.807) is 12.1 Å². The largest absolute Gasteiger partial charge is 0.573 e. The molecule has 0 saturated heterocycles. The highest BCUT2D eigenvalue weighted by Crippen LogP contribution is 2.40. The van der Waals surface area contributed by atoms with E-state index in [0.717, 1.165) is 12.4 Å². The molecule has 6 rings (SSSR count). The van der Waals surface area contributed by atoms with Crippen LogP contribution >= 0.6 is 0 Å². The number of aromatic nitrogens is 3. The molecule has 1 aliphatic heterocycles. The predicted molar refractivity (Wildman–Crippen MR) is 135 cm³/mol. The highest BCUT2D eigenvalue weighted by molar-refractivity contribution is 6.25. The van der Waals surface area contributed by atoms with Crippen LogP contribution in [0.1, 0.15) is 32.1 Å². The maximum atomic E-state index is 14.4. The van der Waals surface area contributed by atoms with Crippen LogP contribution in [0.4, 0.5) is 37.7 Å². The van der Waals surface area contributed by atoms with Crippen molar-refractivity contribution in [1.82, 2.24) is 14.8 Å². The Labute approximate surface area is 225 Å². The topological polar surface area (TPSA) is 98.1 Å². The summed E-state index contributed by atoms with van der Waals surface area (Å²) < 4.78 is 86.1. The van der Waals surface area contributed by atoms with E-state index in [1.165, 1.54) is 43.3 Å². The van der Waals surface area contributed by atoms with Gasteiger partial charge in [-0.1, -0.05) is 12.1 Å². The fraction of sp³-hybridized carbons (Fsp3) is 0.111. The number of hydrogen-bond acceptors (Lipinski definition) is 5. The van der Waals surface area contributed by atoms with E-state index in [1.807, 2.05) is 0 Å². The number of hydrogen-bond donors (Lipinski definition) is 2. The van der Waals surface area contributed by atoms with Crippen molar-refractivity contribution < 1.29 is 40.7 Å². The summed E-state index contributed by atoms with van der Waals surface area (Å²) in [4.78, 5) is 29.2. The van der Waals surface area contributed by atoms with Crippen LogP contribution < -0.4 is 15.4 Å². The summed E-state index contributed by atoms with van der Waals surface area (Å²) >= 11 is 0. The molecule has 2 N–H and O–H groups in total. The zero-order valence-corrected chi connectivity index (χ0v) is 20.6. The number of anilines is 2. The molecule has 14 heteroatoms. The van der Waals surface area contributed by atoms with E-state index in [2.05, 4.69) is 25.5 Å². The summed E-state index contributed by atoms with van der Waals surface area (Å²) in [5.41, 5.74) is -1.11. The van der Waals surface area contributed by atoms with Crippen LogP contribution in [0.5, 0.6) is 5.75 Å². The number of pyridine rings is 1. The number of carbonyl (C=O) groups is 2. The van der Waals surface area contributed by atoms with Gasteiger partial charge >= 0.3 is 12.5 Å². The van der Waals surface area contributed by atoms with Crippen molar-refractivity contribution in [3.8, 4) is 11.4 Å². The van der Waals surface area contributed by atoms with Crippen molar-refractivity contribution in [3.63, 3.8) is 0 Å². The molecule has 0 bridgehead atoms. The van der Waals surface area contributed by atoms with Crippen molar-refractivity contribution in [2.75, 3.05) is 10.6 Å². The number of halogens is 6. The summed E-state index contributed by atoms with van der Waals surface area (Å²) in [5, 5.41) is 9.85. The molecule has 0 unspecified atom stereocenters. The molecule has 0 radical (unpaired) electrons. The van der Waals surface area contributed by atoms with E-state index >= 15 is 0 Å². The zero-order chi connectivity index (χ0) is 29.3. The maximum absolute atomic E-state index is 14.4. The minimum atomic E-state index is -5.02. The average molecular weight is 571 g/mol. The molecule has 208 valence electrons. The fourth-order valence-electron chi connectivity index (χ4n) is 4.86. The van der Waals surface area contributed by atoms with E-state index in [-0.39, 0.29) is 22.1 Å². The maximum Gasteiger partial charge on any atom is 0.573 e. The number of alkyl halides is 6. The lowest BCUT2D eigenvalue weighted by atomic mass is 10.0. The van der Waals surface area contributed by atoms with Crippen molar-refractivity contribution in [2.45, 2.75) is 19.5 Å². The summed E-state index contributed by atoms with van der Waals surface area (Å²) in [6.07, 6.45) is -8.32. The van der Waals surface area contributed by atoms with Gasteiger partial charge < -0.3 is 15.4 Å². The molecule has 3 heterocycles. The highest BCUT2D eigenvalue weighted by Gasteiger charge is 2.41. The van der Waals surface area contributed by atoms with E-state index in [9.17, 15) is 35.9 Å². The number of fused-ring (bicyclic) bond motifs is 1. The zero-order valence-electron chi connectivity index (χ0n) is 20.6. The first-order valence-electron chi connectivity index (χ1n) is 11.8. The Morgan fingerprint density at radius 2 is 1.76 bits per heavy atom. The molecule has 0 fully saturated rings. The molecule has 1 aliphatic rings. The lowest BCUT2D eigenvalue weighted by molar-refractivity contribution is -0.274. The normalized spacial score (nSPS) is 13.1. The Morgan fingerprint density at radius 1 is 0.976 bits per heavy atom. The molecular formula is C27H15F6N5O3. The minimum absolute atomic E-state index is 0.00178. The van der Waals surface area contributed by atoms with Crippen LogP contribution in [0, 0.1) is 6.92 Å². The molecule has 0 atom stereocenters. The lowest BCUT2D eigenvalue weighted by Gasteiger charge is -2.15. The van der Waals surface area contributed by atoms with Crippen LogP contribution in [0.25, 0.3) is 27.2 Å². The molecular weight excluding hydrogens is 556 g/mol. The van der Waals surface area contributed by atoms with Crippen LogP contribution in [0.15, 0.2) is 60.9 Å². The van der Waals surface area contributed by atoms with E-state index < -0.39 is 41.4 Å². The summed E-state index contributed by atoms with van der Waals surface area (Å²) in [6.45, 7) is 1.51. The molecule has 5 aromatic rings. The van der Waals surface area contributed by atoms with Gasteiger partial charge in [0.05, 0.1) is 23.6 Å². The van der Waals surface area contributed by atoms with Crippen molar-refractivity contribution >= 4 is 44.7 Å². The molecule has 0 saturated carbocycles. The number of rotatable bonds is 4. The molecule has 3 aromatic carbocycles. The monoisotopic (exact) mass is 571 g/mol. The second-order valence-electron chi connectivity index (χ2n) is 9.10. The Bertz CT molecular complexity index is 1910. The molecule has 0 aliphatic carbocycles. The van der Waals surface area contributed by atoms with Gasteiger partial charge in [-0.25, -0.2) is 4.68 Å². The first-order valence-corrected chi connectivity index (χ1v) is 11.8. The van der Waals surface area contributed by atoms with Gasteiger partial charge in [-0.15, -0.1) is 13.2 Å². The van der Waals surface area contributed by atoms with Gasteiger partial charge in [-0.2, -0.15) is 18.3 Å². The van der Waals surface area contributed by atoms with Gasteiger partial charge in [0.25, 0.3) is 11.8 Å². The van der Waals surface area contributed by atoms with Crippen molar-refractivity contribution in [3.05, 3.63) is 83.4 Å². The van der Waals surface area contributed by atoms with Gasteiger partial charge in [0.1, 0.15) is 0 Å². The average Bonchev–Trinajstić information content (AvgIpc) is 3.48. The third kappa shape index (κ3) is 4.46. The minimum Gasteiger partial charge on any atom is -0.403 e. The van der Waals surface area contributed by atoms with Gasteiger partial charge in [0.2, 0.25) is 0 Å². The highest BCUT2D eigenvalue weighted by atomic mass is 19.4. The fourth-order valence-corrected chi connectivity index (χ4v) is 4.86. The standard InChI is InChI=1S/C27H15F6N5O3/c1-12-17-9-13(5-6-14(17)21(11-34-12)41-27(31,32)33)36-25(40)18-10-35-38(23(18)26(28,29)30)20-8-7-19-22-15(20)3-2-4-16(22)24(39)37-19/h2-11H,1H3,(H,36,40)(H,37,39). The van der Waals surface area contributed by atoms with Gasteiger partial charge in [0.15, 0.2) is 11.4 Å². The first kappa shape index (κ1) is 26.1. The van der Waals surface area contributed by atoms with Crippen LogP contribution in [-0.4, -0.2) is 32.9 Å². The Hall–Kier alpha value is -5.14. The van der Waals surface area contributed by atoms with Crippen molar-refractivity contribution in [2.24, 2.45) is 0 Å². The predicted octanol–water partition coefficient (Wildman–Crippen LogP) is 6.62. The summed E-state index contributed by atoms with van der Waals surface area (Å²) in [6, 6.07) is 11.2. The first-order chi connectivity index (χ1) is 19.3. The third-order valence-corrected chi connectivity index (χ3v) is 6.55. The SMILES string of the molecule is Cc1ncc(OC(F)(F)F)c2ccc(NC(=O)c3cnn(-c4ccc5c6c(cccc46)C(=O)N5)c3C(F)(F)F)cc12. The van der Waals surface area contributed by atoms with Crippen LogP contribution in [-0.2, 0) is 6.18 Å². The molecule has 8 nitrogen and oxygen atoms in total. The van der Waals surface area contributed by atoms with Gasteiger partial charge in [-0.05, 0) is 43.3 Å². The Kier molecular flexibility index (Phi) is 5.69. The molecule has 2 aromatic heterocycles. The Morgan fingerprint density at radius 3 is 2.49 bits per heavy atom. The smallest absolute Gasteiger partial charge is 0.403 e. The summed E-state index contributed by atoms with van der Waals surface area (Å²) in [7, 11) is 0. The van der Waals surface area contributed by atoms with Crippen LogP contribution in [0.2, 0.25) is 0 Å².